The molecule has 1 aromatic rings. The quantitative estimate of drug-likeness (QED) is 0.905. The summed E-state index contributed by atoms with van der Waals surface area (Å²) in [6.45, 7) is 2.16. The van der Waals surface area contributed by atoms with Crippen molar-refractivity contribution in [3.05, 3.63) is 18.3 Å². The lowest BCUT2D eigenvalue weighted by molar-refractivity contribution is 0.601. The maximum absolute atomic E-state index is 11.7. The predicted molar refractivity (Wildman–Crippen MR) is 80.5 cm³/mol. The lowest BCUT2D eigenvalue weighted by Gasteiger charge is -2.21. The van der Waals surface area contributed by atoms with Gasteiger partial charge < -0.3 is 5.32 Å². The lowest BCUT2D eigenvalue weighted by Crippen LogP contribution is -2.27. The van der Waals surface area contributed by atoms with Crippen molar-refractivity contribution in [3.63, 3.8) is 0 Å². The fourth-order valence-corrected chi connectivity index (χ4v) is 4.46. The molecule has 0 bridgehead atoms. The van der Waals surface area contributed by atoms with Crippen molar-refractivity contribution in [3.8, 4) is 0 Å². The van der Waals surface area contributed by atoms with Crippen molar-refractivity contribution in [2.24, 2.45) is 0 Å². The van der Waals surface area contributed by atoms with E-state index in [0.717, 1.165) is 12.2 Å². The van der Waals surface area contributed by atoms with Crippen LogP contribution >= 0.6 is 11.8 Å². The molecule has 0 radical (unpaired) electrons. The number of nitrogens with one attached hydrogen (secondary N) is 1. The van der Waals surface area contributed by atoms with E-state index in [1.54, 1.807) is 18.3 Å². The number of nitrogens with zero attached hydrogens (tertiary/aromatic N) is 1. The predicted octanol–water partition coefficient (Wildman–Crippen LogP) is 2.57. The zero-order valence-electron chi connectivity index (χ0n) is 11.3. The highest BCUT2D eigenvalue weighted by molar-refractivity contribution is 7.99. The van der Waals surface area contributed by atoms with Gasteiger partial charge in [-0.2, -0.15) is 11.8 Å². The van der Waals surface area contributed by atoms with E-state index in [2.05, 4.69) is 17.2 Å². The van der Waals surface area contributed by atoms with Crippen LogP contribution in [0.4, 0.5) is 5.82 Å². The number of rotatable bonds is 5. The topological polar surface area (TPSA) is 59.1 Å². The van der Waals surface area contributed by atoms with Crippen LogP contribution in [0.5, 0.6) is 0 Å². The van der Waals surface area contributed by atoms with Gasteiger partial charge in [0.05, 0.1) is 0 Å². The van der Waals surface area contributed by atoms with Gasteiger partial charge >= 0.3 is 0 Å². The van der Waals surface area contributed by atoms with Gasteiger partial charge in [0, 0.05) is 23.7 Å². The Balaban J connectivity index is 2.19. The molecule has 1 aliphatic carbocycles. The summed E-state index contributed by atoms with van der Waals surface area (Å²) in [5.74, 6) is 1.59. The van der Waals surface area contributed by atoms with Crippen LogP contribution in [-0.4, -0.2) is 36.7 Å². The van der Waals surface area contributed by atoms with Gasteiger partial charge in [-0.1, -0.05) is 13.3 Å². The van der Waals surface area contributed by atoms with Crippen LogP contribution in [0.15, 0.2) is 23.2 Å². The van der Waals surface area contributed by atoms with E-state index < -0.39 is 9.84 Å². The van der Waals surface area contributed by atoms with E-state index in [1.807, 2.05) is 11.8 Å². The second kappa shape index (κ2) is 6.13. The molecule has 2 rings (SSSR count). The van der Waals surface area contributed by atoms with Crippen LogP contribution in [-0.2, 0) is 9.84 Å². The van der Waals surface area contributed by atoms with Crippen molar-refractivity contribution in [1.82, 2.24) is 4.98 Å². The molecule has 1 aliphatic rings. The third kappa shape index (κ3) is 3.63. The summed E-state index contributed by atoms with van der Waals surface area (Å²) < 4.78 is 23.5. The van der Waals surface area contributed by atoms with E-state index in [0.29, 0.717) is 22.0 Å². The Kier molecular flexibility index (Phi) is 4.73. The minimum absolute atomic E-state index is 0.294. The van der Waals surface area contributed by atoms with Crippen LogP contribution in [0.3, 0.4) is 0 Å². The number of anilines is 1. The maximum Gasteiger partial charge on any atom is 0.179 e. The molecule has 1 N–H and O–H groups in total. The number of hydrogen-bond acceptors (Lipinski definition) is 5. The smallest absolute Gasteiger partial charge is 0.179 e. The third-order valence-electron chi connectivity index (χ3n) is 3.33. The van der Waals surface area contributed by atoms with Gasteiger partial charge in [-0.15, -0.1) is 0 Å². The first-order chi connectivity index (χ1) is 9.02. The minimum Gasteiger partial charge on any atom is -0.365 e. The molecule has 0 aliphatic heterocycles. The molecule has 2 unspecified atom stereocenters. The summed E-state index contributed by atoms with van der Waals surface area (Å²) >= 11 is 1.94. The van der Waals surface area contributed by atoms with Crippen LogP contribution in [0, 0.1) is 0 Å². The van der Waals surface area contributed by atoms with Crippen molar-refractivity contribution in [2.45, 2.75) is 42.4 Å². The van der Waals surface area contributed by atoms with Gasteiger partial charge in [0.2, 0.25) is 0 Å². The molecule has 0 amide bonds. The van der Waals surface area contributed by atoms with Crippen molar-refractivity contribution < 1.29 is 8.42 Å². The summed E-state index contributed by atoms with van der Waals surface area (Å²) in [6, 6.07) is 3.59. The Morgan fingerprint density at radius 3 is 2.95 bits per heavy atom. The first kappa shape index (κ1) is 14.7. The molecule has 1 saturated carbocycles. The van der Waals surface area contributed by atoms with Gasteiger partial charge in [0.1, 0.15) is 10.7 Å². The standard InChI is InChI=1S/C13H20N2O2S2/c1-3-18-11-7-4-6-10(11)15-13-12(19(2,16)17)8-5-9-14-13/h5,8-11H,3-4,6-7H2,1-2H3,(H,14,15). The Bertz CT molecular complexity index is 531. The van der Waals surface area contributed by atoms with Crippen LogP contribution in [0.25, 0.3) is 0 Å². The number of pyridine rings is 1. The highest BCUT2D eigenvalue weighted by atomic mass is 32.2. The van der Waals surface area contributed by atoms with Crippen LogP contribution in [0.1, 0.15) is 26.2 Å². The highest BCUT2D eigenvalue weighted by Crippen LogP contribution is 2.32. The van der Waals surface area contributed by atoms with E-state index in [4.69, 9.17) is 0 Å². The Hall–Kier alpha value is -0.750. The lowest BCUT2D eigenvalue weighted by atomic mass is 10.2. The van der Waals surface area contributed by atoms with E-state index in [9.17, 15) is 8.42 Å². The summed E-state index contributed by atoms with van der Waals surface area (Å²) in [6.07, 6.45) is 6.32. The normalized spacial score (nSPS) is 23.5. The summed E-state index contributed by atoms with van der Waals surface area (Å²) in [5, 5.41) is 3.89. The van der Waals surface area contributed by atoms with Gasteiger partial charge in [-0.05, 0) is 30.7 Å². The van der Waals surface area contributed by atoms with Gasteiger partial charge in [0.25, 0.3) is 0 Å². The number of hydrogen-bond donors (Lipinski definition) is 1. The molecular formula is C13H20N2O2S2. The SMILES string of the molecule is CCSC1CCCC1Nc1ncccc1S(C)(=O)=O. The van der Waals surface area contributed by atoms with Gasteiger partial charge in [-0.3, -0.25) is 0 Å². The largest absolute Gasteiger partial charge is 0.365 e. The molecular weight excluding hydrogens is 280 g/mol. The van der Waals surface area contributed by atoms with Gasteiger partial charge in [0.15, 0.2) is 9.84 Å². The first-order valence-electron chi connectivity index (χ1n) is 6.55. The zero-order chi connectivity index (χ0) is 13.9. The molecule has 4 nitrogen and oxygen atoms in total. The molecule has 0 spiro atoms. The molecule has 0 aromatic carbocycles. The first-order valence-corrected chi connectivity index (χ1v) is 9.49. The fraction of sp³-hybridized carbons (Fsp3) is 0.615. The highest BCUT2D eigenvalue weighted by Gasteiger charge is 2.28. The fourth-order valence-electron chi connectivity index (χ4n) is 2.48. The number of sulfone groups is 1. The maximum atomic E-state index is 11.7. The third-order valence-corrected chi connectivity index (χ3v) is 5.78. The summed E-state index contributed by atoms with van der Waals surface area (Å²) in [7, 11) is -3.24. The van der Waals surface area contributed by atoms with E-state index in [-0.39, 0.29) is 0 Å². The molecule has 1 heterocycles. The summed E-state index contributed by atoms with van der Waals surface area (Å²) in [5.41, 5.74) is 0. The molecule has 106 valence electrons. The average molecular weight is 300 g/mol. The zero-order valence-corrected chi connectivity index (χ0v) is 12.9. The second-order valence-corrected chi connectivity index (χ2v) is 8.30. The second-order valence-electron chi connectivity index (χ2n) is 4.80. The van der Waals surface area contributed by atoms with Gasteiger partial charge in [-0.25, -0.2) is 13.4 Å². The molecule has 19 heavy (non-hydrogen) atoms. The van der Waals surface area contributed by atoms with Crippen LogP contribution in [0.2, 0.25) is 0 Å². The van der Waals surface area contributed by atoms with Crippen LogP contribution < -0.4 is 5.32 Å². The summed E-state index contributed by atoms with van der Waals surface area (Å²) in [4.78, 5) is 4.50. The molecule has 1 aromatic heterocycles. The molecule has 0 saturated heterocycles. The Labute approximate surface area is 119 Å². The Morgan fingerprint density at radius 2 is 2.26 bits per heavy atom. The minimum atomic E-state index is -3.24. The molecule has 6 heteroatoms. The number of aromatic nitrogens is 1. The number of thioether (sulfide) groups is 1. The average Bonchev–Trinajstić information content (AvgIpc) is 2.77. The molecule has 2 atom stereocenters. The Morgan fingerprint density at radius 1 is 1.47 bits per heavy atom. The van der Waals surface area contributed by atoms with E-state index >= 15 is 0 Å². The van der Waals surface area contributed by atoms with Crippen molar-refractivity contribution in [1.29, 1.82) is 0 Å². The molecule has 1 fully saturated rings. The van der Waals surface area contributed by atoms with Crippen molar-refractivity contribution >= 4 is 27.4 Å². The monoisotopic (exact) mass is 300 g/mol. The van der Waals surface area contributed by atoms with E-state index in [1.165, 1.54) is 19.1 Å². The van der Waals surface area contributed by atoms with Crippen molar-refractivity contribution in [2.75, 3.05) is 17.3 Å².